The summed E-state index contributed by atoms with van der Waals surface area (Å²) in [7, 11) is 0. The lowest BCUT2D eigenvalue weighted by Crippen LogP contribution is -2.40. The molecule has 0 atom stereocenters. The molecule has 0 aliphatic carbocycles. The average Bonchev–Trinajstić information content (AvgIpc) is 2.26. The molecule has 1 heterocycles. The highest BCUT2D eigenvalue weighted by molar-refractivity contribution is 5.92. The van der Waals surface area contributed by atoms with Crippen LogP contribution in [0.5, 0.6) is 0 Å². The van der Waals surface area contributed by atoms with Gasteiger partial charge in [0.1, 0.15) is 5.69 Å². The van der Waals surface area contributed by atoms with Crippen molar-refractivity contribution in [1.82, 2.24) is 15.3 Å². The summed E-state index contributed by atoms with van der Waals surface area (Å²) >= 11 is 0. The molecular formula is C8H11N3O3. The van der Waals surface area contributed by atoms with Gasteiger partial charge in [-0.3, -0.25) is 9.78 Å². The molecule has 0 radical (unpaired) electrons. The summed E-state index contributed by atoms with van der Waals surface area (Å²) in [6.07, 6.45) is 4.15. The predicted molar refractivity (Wildman–Crippen MR) is 47.5 cm³/mol. The molecule has 76 valence electrons. The largest absolute Gasteiger partial charge is 0.394 e. The Hall–Kier alpha value is -1.53. The van der Waals surface area contributed by atoms with E-state index in [1.54, 1.807) is 0 Å². The maximum atomic E-state index is 11.3. The van der Waals surface area contributed by atoms with E-state index in [9.17, 15) is 4.79 Å². The molecule has 0 saturated carbocycles. The fourth-order valence-electron chi connectivity index (χ4n) is 0.825. The van der Waals surface area contributed by atoms with E-state index < -0.39 is 11.9 Å². The average molecular weight is 197 g/mol. The van der Waals surface area contributed by atoms with Gasteiger partial charge in [-0.15, -0.1) is 0 Å². The first kappa shape index (κ1) is 10.6. The maximum absolute atomic E-state index is 11.3. The minimum Gasteiger partial charge on any atom is -0.394 e. The Kier molecular flexibility index (Phi) is 3.96. The van der Waals surface area contributed by atoms with Gasteiger partial charge in [-0.2, -0.15) is 0 Å². The van der Waals surface area contributed by atoms with Crippen LogP contribution in [-0.4, -0.2) is 45.3 Å². The molecule has 0 bridgehead atoms. The Balaban J connectivity index is 2.59. The first-order valence-corrected chi connectivity index (χ1v) is 4.06. The molecule has 0 spiro atoms. The standard InChI is InChI=1S/C8H11N3O3/c12-4-6(5-13)11-8(14)7-3-9-1-2-10-7/h1-3,6,12-13H,4-5H2,(H,11,14). The fraction of sp³-hybridized carbons (Fsp3) is 0.375. The van der Waals surface area contributed by atoms with E-state index in [0.717, 1.165) is 0 Å². The first-order chi connectivity index (χ1) is 6.77. The lowest BCUT2D eigenvalue weighted by molar-refractivity contribution is 0.0874. The van der Waals surface area contributed by atoms with Gasteiger partial charge < -0.3 is 15.5 Å². The van der Waals surface area contributed by atoms with Crippen molar-refractivity contribution >= 4 is 5.91 Å². The molecule has 0 fully saturated rings. The van der Waals surface area contributed by atoms with Crippen LogP contribution in [0.1, 0.15) is 10.5 Å². The van der Waals surface area contributed by atoms with Crippen LogP contribution in [-0.2, 0) is 0 Å². The number of carbonyl (C=O) groups excluding carboxylic acids is 1. The number of hydrogen-bond donors (Lipinski definition) is 3. The van der Waals surface area contributed by atoms with Crippen molar-refractivity contribution in [2.75, 3.05) is 13.2 Å². The van der Waals surface area contributed by atoms with Crippen LogP contribution < -0.4 is 5.32 Å². The molecule has 6 nitrogen and oxygen atoms in total. The van der Waals surface area contributed by atoms with Crippen LogP contribution in [0.2, 0.25) is 0 Å². The lowest BCUT2D eigenvalue weighted by Gasteiger charge is -2.12. The highest BCUT2D eigenvalue weighted by atomic mass is 16.3. The summed E-state index contributed by atoms with van der Waals surface area (Å²) in [5.74, 6) is -0.466. The second-order valence-electron chi connectivity index (χ2n) is 2.63. The van der Waals surface area contributed by atoms with Crippen molar-refractivity contribution in [2.24, 2.45) is 0 Å². The zero-order chi connectivity index (χ0) is 10.4. The lowest BCUT2D eigenvalue weighted by atomic mass is 10.3. The number of rotatable bonds is 4. The van der Waals surface area contributed by atoms with Gasteiger partial charge in [0, 0.05) is 12.4 Å². The summed E-state index contributed by atoms with van der Waals surface area (Å²) in [6.45, 7) is -0.634. The minimum atomic E-state index is -0.662. The van der Waals surface area contributed by atoms with E-state index in [-0.39, 0.29) is 18.9 Å². The predicted octanol–water partition coefficient (Wildman–Crippen LogP) is -1.44. The normalized spacial score (nSPS) is 10.2. The van der Waals surface area contributed by atoms with Crippen LogP contribution >= 0.6 is 0 Å². The van der Waals surface area contributed by atoms with Gasteiger partial charge in [0.25, 0.3) is 5.91 Å². The summed E-state index contributed by atoms with van der Waals surface area (Å²) in [5, 5.41) is 19.8. The summed E-state index contributed by atoms with van der Waals surface area (Å²) in [6, 6.07) is -0.662. The number of aromatic nitrogens is 2. The van der Waals surface area contributed by atoms with Gasteiger partial charge >= 0.3 is 0 Å². The number of nitrogens with one attached hydrogen (secondary N) is 1. The monoisotopic (exact) mass is 197 g/mol. The Bertz CT molecular complexity index is 287. The number of aliphatic hydroxyl groups excluding tert-OH is 2. The number of hydrogen-bond acceptors (Lipinski definition) is 5. The van der Waals surface area contributed by atoms with Crippen molar-refractivity contribution in [3.63, 3.8) is 0 Å². The molecule has 1 aromatic rings. The second kappa shape index (κ2) is 5.25. The van der Waals surface area contributed by atoms with Crippen LogP contribution in [0.3, 0.4) is 0 Å². The molecule has 0 aliphatic heterocycles. The van der Waals surface area contributed by atoms with Gasteiger partial charge in [-0.25, -0.2) is 4.98 Å². The molecule has 1 rings (SSSR count). The van der Waals surface area contributed by atoms with Crippen LogP contribution in [0.4, 0.5) is 0 Å². The number of aliphatic hydroxyl groups is 2. The van der Waals surface area contributed by atoms with Crippen molar-refractivity contribution in [2.45, 2.75) is 6.04 Å². The SMILES string of the molecule is O=C(NC(CO)CO)c1cnccn1. The van der Waals surface area contributed by atoms with E-state index in [1.165, 1.54) is 18.6 Å². The summed E-state index contributed by atoms with van der Waals surface area (Å²) in [5.41, 5.74) is 0.152. The number of amides is 1. The van der Waals surface area contributed by atoms with Gasteiger partial charge in [0.05, 0.1) is 25.5 Å². The van der Waals surface area contributed by atoms with E-state index in [2.05, 4.69) is 15.3 Å². The van der Waals surface area contributed by atoms with Crippen LogP contribution in [0.15, 0.2) is 18.6 Å². The second-order valence-corrected chi connectivity index (χ2v) is 2.63. The fourth-order valence-corrected chi connectivity index (χ4v) is 0.825. The molecule has 3 N–H and O–H groups in total. The summed E-state index contributed by atoms with van der Waals surface area (Å²) in [4.78, 5) is 18.8. The Morgan fingerprint density at radius 2 is 2.14 bits per heavy atom. The number of nitrogens with zero attached hydrogens (tertiary/aromatic N) is 2. The minimum absolute atomic E-state index is 0.152. The molecule has 0 aromatic carbocycles. The van der Waals surface area contributed by atoms with Crippen molar-refractivity contribution in [3.05, 3.63) is 24.3 Å². The quantitative estimate of drug-likeness (QED) is 0.549. The molecule has 1 aromatic heterocycles. The maximum Gasteiger partial charge on any atom is 0.271 e. The Morgan fingerprint density at radius 3 is 2.64 bits per heavy atom. The highest BCUT2D eigenvalue weighted by Gasteiger charge is 2.12. The number of carbonyl (C=O) groups is 1. The smallest absolute Gasteiger partial charge is 0.271 e. The molecule has 1 amide bonds. The third kappa shape index (κ3) is 2.75. The molecule has 6 heteroatoms. The van der Waals surface area contributed by atoms with Gasteiger partial charge in [-0.1, -0.05) is 0 Å². The Morgan fingerprint density at radius 1 is 1.43 bits per heavy atom. The van der Waals surface area contributed by atoms with Crippen LogP contribution in [0.25, 0.3) is 0 Å². The topological polar surface area (TPSA) is 95.3 Å². The highest BCUT2D eigenvalue weighted by Crippen LogP contribution is 1.91. The van der Waals surface area contributed by atoms with E-state index in [4.69, 9.17) is 10.2 Å². The van der Waals surface area contributed by atoms with Gasteiger partial charge in [-0.05, 0) is 0 Å². The van der Waals surface area contributed by atoms with Crippen molar-refractivity contribution < 1.29 is 15.0 Å². The van der Waals surface area contributed by atoms with Crippen molar-refractivity contribution in [1.29, 1.82) is 0 Å². The van der Waals surface area contributed by atoms with Gasteiger partial charge in [0.15, 0.2) is 0 Å². The van der Waals surface area contributed by atoms with E-state index in [1.807, 2.05) is 0 Å². The van der Waals surface area contributed by atoms with E-state index >= 15 is 0 Å². The third-order valence-electron chi connectivity index (χ3n) is 1.57. The summed E-state index contributed by atoms with van der Waals surface area (Å²) < 4.78 is 0. The van der Waals surface area contributed by atoms with Gasteiger partial charge in [0.2, 0.25) is 0 Å². The molecular weight excluding hydrogens is 186 g/mol. The zero-order valence-electron chi connectivity index (χ0n) is 7.42. The third-order valence-corrected chi connectivity index (χ3v) is 1.57. The molecule has 0 aliphatic rings. The molecule has 14 heavy (non-hydrogen) atoms. The van der Waals surface area contributed by atoms with Crippen LogP contribution in [0, 0.1) is 0 Å². The molecule has 0 unspecified atom stereocenters. The van der Waals surface area contributed by atoms with Crippen molar-refractivity contribution in [3.8, 4) is 0 Å². The molecule has 0 saturated heterocycles. The Labute approximate surface area is 80.6 Å². The van der Waals surface area contributed by atoms with E-state index in [0.29, 0.717) is 0 Å². The zero-order valence-corrected chi connectivity index (χ0v) is 7.42. The first-order valence-electron chi connectivity index (χ1n) is 4.06.